The molecule has 0 radical (unpaired) electrons. The van der Waals surface area contributed by atoms with Crippen LogP contribution in [0.2, 0.25) is 0 Å². The Morgan fingerprint density at radius 2 is 1.79 bits per heavy atom. The van der Waals surface area contributed by atoms with Gasteiger partial charge in [0, 0.05) is 33.4 Å². The van der Waals surface area contributed by atoms with E-state index in [0.29, 0.717) is 13.1 Å². The number of carbonyl (C=O) groups excluding carboxylic acids is 1. The number of nitrogens with one attached hydrogen (secondary N) is 2. The zero-order chi connectivity index (χ0) is 17.5. The quantitative estimate of drug-likeness (QED) is 0.855. The lowest BCUT2D eigenvalue weighted by molar-refractivity contribution is 0.240. The van der Waals surface area contributed by atoms with Crippen LogP contribution in [0.1, 0.15) is 16.7 Å². The number of benzene rings is 1. The molecule has 0 bridgehead atoms. The van der Waals surface area contributed by atoms with Gasteiger partial charge in [-0.3, -0.25) is 0 Å². The maximum absolute atomic E-state index is 11.9. The van der Waals surface area contributed by atoms with Gasteiger partial charge < -0.3 is 20.3 Å². The molecule has 128 valence electrons. The summed E-state index contributed by atoms with van der Waals surface area (Å²) in [6.07, 6.45) is 1.77. The summed E-state index contributed by atoms with van der Waals surface area (Å²) < 4.78 is 5.23. The van der Waals surface area contributed by atoms with Crippen LogP contribution in [-0.2, 0) is 13.1 Å². The molecule has 2 rings (SSSR count). The lowest BCUT2D eigenvalue weighted by Crippen LogP contribution is -2.34. The van der Waals surface area contributed by atoms with Crippen LogP contribution in [0.15, 0.2) is 36.5 Å². The van der Waals surface area contributed by atoms with E-state index in [-0.39, 0.29) is 6.03 Å². The fraction of sp³-hybridized carbons (Fsp3) is 0.333. The molecule has 0 saturated heterocycles. The van der Waals surface area contributed by atoms with E-state index in [1.165, 1.54) is 0 Å². The second-order valence-corrected chi connectivity index (χ2v) is 5.76. The van der Waals surface area contributed by atoms with E-state index >= 15 is 0 Å². The Morgan fingerprint density at radius 3 is 2.33 bits per heavy atom. The molecular weight excluding hydrogens is 304 g/mol. The predicted molar refractivity (Wildman–Crippen MR) is 95.4 cm³/mol. The van der Waals surface area contributed by atoms with Gasteiger partial charge in [-0.05, 0) is 35.7 Å². The standard InChI is InChI=1S/C18H24N4O2/c1-13-9-14(5-7-16(13)24-4)10-20-18(23)21-12-15-6-8-17(19-11-15)22(2)3/h5-9,11H,10,12H2,1-4H3,(H2,20,21,23). The van der Waals surface area contributed by atoms with Crippen LogP contribution in [-0.4, -0.2) is 32.2 Å². The Labute approximate surface area is 142 Å². The van der Waals surface area contributed by atoms with E-state index in [4.69, 9.17) is 4.74 Å². The van der Waals surface area contributed by atoms with Crippen molar-refractivity contribution in [3.8, 4) is 5.75 Å². The van der Waals surface area contributed by atoms with Crippen molar-refractivity contribution in [2.24, 2.45) is 0 Å². The highest BCUT2D eigenvalue weighted by Crippen LogP contribution is 2.18. The molecule has 2 amide bonds. The van der Waals surface area contributed by atoms with Crippen LogP contribution in [0.25, 0.3) is 0 Å². The van der Waals surface area contributed by atoms with Crippen LogP contribution in [0.4, 0.5) is 10.6 Å². The molecule has 0 atom stereocenters. The Bertz CT molecular complexity index is 684. The summed E-state index contributed by atoms with van der Waals surface area (Å²) in [5.41, 5.74) is 3.03. The molecule has 0 saturated carbocycles. The number of urea groups is 1. The normalized spacial score (nSPS) is 10.2. The van der Waals surface area contributed by atoms with E-state index in [1.807, 2.05) is 56.3 Å². The summed E-state index contributed by atoms with van der Waals surface area (Å²) in [4.78, 5) is 18.1. The molecular formula is C18H24N4O2. The monoisotopic (exact) mass is 328 g/mol. The second kappa shape index (κ2) is 8.19. The molecule has 0 unspecified atom stereocenters. The smallest absolute Gasteiger partial charge is 0.315 e. The number of hydrogen-bond donors (Lipinski definition) is 2. The Balaban J connectivity index is 1.80. The summed E-state index contributed by atoms with van der Waals surface area (Å²) in [6.45, 7) is 2.88. The first kappa shape index (κ1) is 17.6. The minimum atomic E-state index is -0.208. The molecule has 0 spiro atoms. The van der Waals surface area contributed by atoms with Gasteiger partial charge in [-0.1, -0.05) is 18.2 Å². The van der Waals surface area contributed by atoms with E-state index in [1.54, 1.807) is 13.3 Å². The minimum absolute atomic E-state index is 0.208. The molecule has 1 heterocycles. The predicted octanol–water partition coefficient (Wildman–Crippen LogP) is 2.46. The molecule has 1 aromatic carbocycles. The van der Waals surface area contributed by atoms with Crippen molar-refractivity contribution >= 4 is 11.8 Å². The third-order valence-corrected chi connectivity index (χ3v) is 3.63. The number of pyridine rings is 1. The summed E-state index contributed by atoms with van der Waals surface area (Å²) in [7, 11) is 5.52. The number of ether oxygens (including phenoxy) is 1. The van der Waals surface area contributed by atoms with Gasteiger partial charge in [0.1, 0.15) is 11.6 Å². The number of hydrogen-bond acceptors (Lipinski definition) is 4. The average molecular weight is 328 g/mol. The highest BCUT2D eigenvalue weighted by atomic mass is 16.5. The largest absolute Gasteiger partial charge is 0.496 e. The first-order valence-corrected chi connectivity index (χ1v) is 7.77. The van der Waals surface area contributed by atoms with Gasteiger partial charge in [-0.25, -0.2) is 9.78 Å². The number of carbonyl (C=O) groups is 1. The fourth-order valence-electron chi connectivity index (χ4n) is 2.26. The van der Waals surface area contributed by atoms with Crippen molar-refractivity contribution in [2.75, 3.05) is 26.1 Å². The van der Waals surface area contributed by atoms with Crippen molar-refractivity contribution in [1.29, 1.82) is 0 Å². The van der Waals surface area contributed by atoms with Crippen LogP contribution in [0.3, 0.4) is 0 Å². The molecule has 2 aromatic rings. The third-order valence-electron chi connectivity index (χ3n) is 3.63. The number of anilines is 1. The summed E-state index contributed by atoms with van der Waals surface area (Å²) >= 11 is 0. The van der Waals surface area contributed by atoms with Crippen LogP contribution in [0, 0.1) is 6.92 Å². The highest BCUT2D eigenvalue weighted by Gasteiger charge is 2.04. The molecule has 0 aliphatic heterocycles. The van der Waals surface area contributed by atoms with E-state index in [9.17, 15) is 4.79 Å². The fourth-order valence-corrected chi connectivity index (χ4v) is 2.26. The molecule has 2 N–H and O–H groups in total. The van der Waals surface area contributed by atoms with Crippen LogP contribution in [0.5, 0.6) is 5.75 Å². The van der Waals surface area contributed by atoms with Crippen molar-refractivity contribution in [1.82, 2.24) is 15.6 Å². The molecule has 24 heavy (non-hydrogen) atoms. The Morgan fingerprint density at radius 1 is 1.12 bits per heavy atom. The summed E-state index contributed by atoms with van der Waals surface area (Å²) in [6, 6.07) is 9.52. The maximum Gasteiger partial charge on any atom is 0.315 e. The molecule has 0 aliphatic rings. The second-order valence-electron chi connectivity index (χ2n) is 5.76. The lowest BCUT2D eigenvalue weighted by atomic mass is 10.1. The van der Waals surface area contributed by atoms with E-state index in [2.05, 4.69) is 15.6 Å². The first-order valence-electron chi connectivity index (χ1n) is 7.77. The summed E-state index contributed by atoms with van der Waals surface area (Å²) in [5.74, 6) is 1.73. The van der Waals surface area contributed by atoms with Crippen LogP contribution >= 0.6 is 0 Å². The van der Waals surface area contributed by atoms with Gasteiger partial charge in [0.05, 0.1) is 7.11 Å². The topological polar surface area (TPSA) is 66.5 Å². The molecule has 6 nitrogen and oxygen atoms in total. The maximum atomic E-state index is 11.9. The van der Waals surface area contributed by atoms with Crippen LogP contribution < -0.4 is 20.3 Å². The number of rotatable bonds is 6. The van der Waals surface area contributed by atoms with Crippen molar-refractivity contribution in [3.63, 3.8) is 0 Å². The van der Waals surface area contributed by atoms with E-state index < -0.39 is 0 Å². The zero-order valence-electron chi connectivity index (χ0n) is 14.6. The van der Waals surface area contributed by atoms with Gasteiger partial charge in [0.25, 0.3) is 0 Å². The highest BCUT2D eigenvalue weighted by molar-refractivity contribution is 5.73. The lowest BCUT2D eigenvalue weighted by Gasteiger charge is -2.12. The van der Waals surface area contributed by atoms with Gasteiger partial charge in [0.15, 0.2) is 0 Å². The number of amides is 2. The van der Waals surface area contributed by atoms with Crippen molar-refractivity contribution < 1.29 is 9.53 Å². The number of aromatic nitrogens is 1. The van der Waals surface area contributed by atoms with Gasteiger partial charge in [-0.15, -0.1) is 0 Å². The van der Waals surface area contributed by atoms with Crippen molar-refractivity contribution in [3.05, 3.63) is 53.2 Å². The number of nitrogens with zero attached hydrogens (tertiary/aromatic N) is 2. The zero-order valence-corrected chi connectivity index (χ0v) is 14.6. The van der Waals surface area contributed by atoms with Gasteiger partial charge in [0.2, 0.25) is 0 Å². The number of methoxy groups -OCH3 is 1. The third kappa shape index (κ3) is 4.87. The Kier molecular flexibility index (Phi) is 6.01. The van der Waals surface area contributed by atoms with Gasteiger partial charge >= 0.3 is 6.03 Å². The van der Waals surface area contributed by atoms with E-state index in [0.717, 1.165) is 28.3 Å². The summed E-state index contributed by atoms with van der Waals surface area (Å²) in [5, 5.41) is 5.67. The molecule has 0 aliphatic carbocycles. The molecule has 0 fully saturated rings. The molecule has 6 heteroatoms. The Hall–Kier alpha value is -2.76. The first-order chi connectivity index (χ1) is 11.5. The average Bonchev–Trinajstić information content (AvgIpc) is 2.58. The van der Waals surface area contributed by atoms with Gasteiger partial charge in [-0.2, -0.15) is 0 Å². The minimum Gasteiger partial charge on any atom is -0.496 e. The van der Waals surface area contributed by atoms with Crippen molar-refractivity contribution in [2.45, 2.75) is 20.0 Å². The molecule has 1 aromatic heterocycles. The SMILES string of the molecule is COc1ccc(CNC(=O)NCc2ccc(N(C)C)nc2)cc1C. The number of aryl methyl sites for hydroxylation is 1.